The smallest absolute Gasteiger partial charge is 0.320 e. The summed E-state index contributed by atoms with van der Waals surface area (Å²) >= 11 is 0. The summed E-state index contributed by atoms with van der Waals surface area (Å²) in [6.45, 7) is 2.09. The van der Waals surface area contributed by atoms with Gasteiger partial charge in [-0.3, -0.25) is 5.32 Å². The van der Waals surface area contributed by atoms with Gasteiger partial charge in [-0.2, -0.15) is 5.10 Å². The van der Waals surface area contributed by atoms with Gasteiger partial charge in [0.15, 0.2) is 5.82 Å². The van der Waals surface area contributed by atoms with E-state index in [4.69, 9.17) is 5.11 Å². The largest absolute Gasteiger partial charge is 0.393 e. The third-order valence-corrected chi connectivity index (χ3v) is 1.66. The zero-order chi connectivity index (χ0) is 11.1. The maximum absolute atomic E-state index is 11.2. The highest BCUT2D eigenvalue weighted by Gasteiger charge is 2.02. The van der Waals surface area contributed by atoms with Crippen LogP contribution in [-0.2, 0) is 0 Å². The molecule has 0 aliphatic heterocycles. The Hall–Kier alpha value is -1.69. The minimum absolute atomic E-state index is 0.351. The fourth-order valence-electron chi connectivity index (χ4n) is 0.923. The Kier molecular flexibility index (Phi) is 4.49. The van der Waals surface area contributed by atoms with E-state index in [1.165, 1.54) is 6.20 Å². The molecule has 6 nitrogen and oxygen atoms in total. The van der Waals surface area contributed by atoms with E-state index < -0.39 is 6.10 Å². The molecule has 0 saturated heterocycles. The highest BCUT2D eigenvalue weighted by Crippen LogP contribution is 1.96. The molecule has 1 aromatic rings. The molecule has 2 amide bonds. The number of hydrogen-bond acceptors (Lipinski definition) is 4. The molecule has 1 atom stereocenters. The number of aromatic nitrogens is 2. The molecular weight excluding hydrogens is 196 g/mol. The van der Waals surface area contributed by atoms with Crippen molar-refractivity contribution in [2.75, 3.05) is 11.9 Å². The van der Waals surface area contributed by atoms with Crippen molar-refractivity contribution >= 4 is 11.8 Å². The highest BCUT2D eigenvalue weighted by atomic mass is 16.3. The first kappa shape index (κ1) is 11.4. The fraction of sp³-hybridized carbons (Fsp3) is 0.444. The van der Waals surface area contributed by atoms with E-state index in [2.05, 4.69) is 20.8 Å². The fourth-order valence-corrected chi connectivity index (χ4v) is 0.923. The van der Waals surface area contributed by atoms with Crippen LogP contribution < -0.4 is 10.6 Å². The third-order valence-electron chi connectivity index (χ3n) is 1.66. The second-order valence-corrected chi connectivity index (χ2v) is 3.13. The van der Waals surface area contributed by atoms with Crippen molar-refractivity contribution in [1.29, 1.82) is 0 Å². The molecule has 0 radical (unpaired) electrons. The zero-order valence-corrected chi connectivity index (χ0v) is 8.47. The van der Waals surface area contributed by atoms with E-state index in [1.54, 1.807) is 19.1 Å². The number of carbonyl (C=O) groups excluding carboxylic acids is 1. The normalized spacial score (nSPS) is 11.9. The summed E-state index contributed by atoms with van der Waals surface area (Å²) in [5.74, 6) is 0.395. The van der Waals surface area contributed by atoms with Gasteiger partial charge in [-0.1, -0.05) is 0 Å². The molecule has 0 bridgehead atoms. The van der Waals surface area contributed by atoms with Crippen LogP contribution in [0.5, 0.6) is 0 Å². The van der Waals surface area contributed by atoms with Crippen LogP contribution in [0.25, 0.3) is 0 Å². The minimum Gasteiger partial charge on any atom is -0.393 e. The van der Waals surface area contributed by atoms with Gasteiger partial charge >= 0.3 is 6.03 Å². The summed E-state index contributed by atoms with van der Waals surface area (Å²) in [5.41, 5.74) is 0. The molecule has 0 aliphatic carbocycles. The van der Waals surface area contributed by atoms with Gasteiger partial charge in [0.1, 0.15) is 0 Å². The van der Waals surface area contributed by atoms with Crippen molar-refractivity contribution in [1.82, 2.24) is 15.5 Å². The summed E-state index contributed by atoms with van der Waals surface area (Å²) in [5, 5.41) is 21.4. The Labute approximate surface area is 87.7 Å². The number of aliphatic hydroxyl groups excluding tert-OH is 1. The number of nitrogens with zero attached hydrogens (tertiary/aromatic N) is 2. The lowest BCUT2D eigenvalue weighted by Gasteiger charge is -2.07. The zero-order valence-electron chi connectivity index (χ0n) is 8.47. The number of amides is 2. The first-order valence-corrected chi connectivity index (χ1v) is 4.69. The van der Waals surface area contributed by atoms with Crippen molar-refractivity contribution in [3.8, 4) is 0 Å². The summed E-state index contributed by atoms with van der Waals surface area (Å²) in [4.78, 5) is 11.2. The molecule has 6 heteroatoms. The van der Waals surface area contributed by atoms with Crippen molar-refractivity contribution in [3.63, 3.8) is 0 Å². The molecule has 0 fully saturated rings. The molecule has 82 valence electrons. The molecular formula is C9H14N4O2. The maximum Gasteiger partial charge on any atom is 0.320 e. The number of aliphatic hydroxyl groups is 1. The van der Waals surface area contributed by atoms with Crippen LogP contribution in [0.3, 0.4) is 0 Å². The lowest BCUT2D eigenvalue weighted by atomic mass is 10.3. The number of hydrogen-bond donors (Lipinski definition) is 3. The third kappa shape index (κ3) is 4.92. The Bertz CT molecular complexity index is 302. The monoisotopic (exact) mass is 210 g/mol. The Morgan fingerprint density at radius 2 is 2.47 bits per heavy atom. The van der Waals surface area contributed by atoms with Crippen LogP contribution in [0.15, 0.2) is 18.3 Å². The number of anilines is 1. The van der Waals surface area contributed by atoms with Crippen LogP contribution in [0.1, 0.15) is 13.3 Å². The quantitative estimate of drug-likeness (QED) is 0.670. The highest BCUT2D eigenvalue weighted by molar-refractivity contribution is 5.87. The molecule has 1 rings (SSSR count). The van der Waals surface area contributed by atoms with E-state index in [1.807, 2.05) is 0 Å². The average Bonchev–Trinajstić information content (AvgIpc) is 2.18. The predicted molar refractivity (Wildman–Crippen MR) is 55.4 cm³/mol. The SMILES string of the molecule is CC(O)CCNC(=O)Nc1cccnn1. The van der Waals surface area contributed by atoms with E-state index in [9.17, 15) is 4.79 Å². The summed E-state index contributed by atoms with van der Waals surface area (Å²) < 4.78 is 0. The van der Waals surface area contributed by atoms with Gasteiger partial charge in [-0.05, 0) is 25.5 Å². The molecule has 1 aromatic heterocycles. The van der Waals surface area contributed by atoms with Crippen LogP contribution in [0.4, 0.5) is 10.6 Å². The van der Waals surface area contributed by atoms with E-state index in [0.717, 1.165) is 0 Å². The molecule has 1 heterocycles. The van der Waals surface area contributed by atoms with Crippen LogP contribution >= 0.6 is 0 Å². The lowest BCUT2D eigenvalue weighted by molar-refractivity contribution is 0.184. The first-order valence-electron chi connectivity index (χ1n) is 4.69. The van der Waals surface area contributed by atoms with Gasteiger partial charge in [0.05, 0.1) is 6.10 Å². The van der Waals surface area contributed by atoms with Crippen LogP contribution in [0.2, 0.25) is 0 Å². The lowest BCUT2D eigenvalue weighted by Crippen LogP contribution is -2.31. The minimum atomic E-state index is -0.415. The summed E-state index contributed by atoms with van der Waals surface area (Å²) in [7, 11) is 0. The van der Waals surface area contributed by atoms with Gasteiger partial charge in [0.2, 0.25) is 0 Å². The van der Waals surface area contributed by atoms with Gasteiger partial charge in [-0.25, -0.2) is 4.79 Å². The molecule has 0 aliphatic rings. The van der Waals surface area contributed by atoms with E-state index in [-0.39, 0.29) is 6.03 Å². The van der Waals surface area contributed by atoms with Gasteiger partial charge in [0.25, 0.3) is 0 Å². The Morgan fingerprint density at radius 3 is 3.07 bits per heavy atom. The summed E-state index contributed by atoms with van der Waals surface area (Å²) in [6, 6.07) is 2.97. The van der Waals surface area contributed by atoms with E-state index >= 15 is 0 Å². The topological polar surface area (TPSA) is 87.1 Å². The van der Waals surface area contributed by atoms with Crippen molar-refractivity contribution in [2.24, 2.45) is 0 Å². The Morgan fingerprint density at radius 1 is 1.67 bits per heavy atom. The standard InChI is InChI=1S/C9H14N4O2/c1-7(14)4-6-10-9(15)12-8-3-2-5-11-13-8/h2-3,5,7,14H,4,6H2,1H3,(H2,10,12,13,15). The van der Waals surface area contributed by atoms with Gasteiger partial charge < -0.3 is 10.4 Å². The molecule has 3 N–H and O–H groups in total. The predicted octanol–water partition coefficient (Wildman–Crippen LogP) is 0.369. The second kappa shape index (κ2) is 5.92. The average molecular weight is 210 g/mol. The molecule has 0 saturated carbocycles. The second-order valence-electron chi connectivity index (χ2n) is 3.13. The maximum atomic E-state index is 11.2. The van der Waals surface area contributed by atoms with E-state index in [0.29, 0.717) is 18.8 Å². The molecule has 0 aromatic carbocycles. The van der Waals surface area contributed by atoms with Crippen LogP contribution in [0, 0.1) is 0 Å². The summed E-state index contributed by atoms with van der Waals surface area (Å²) in [6.07, 6.45) is 1.63. The van der Waals surface area contributed by atoms with Crippen molar-refractivity contribution in [2.45, 2.75) is 19.4 Å². The van der Waals surface area contributed by atoms with Crippen molar-refractivity contribution in [3.05, 3.63) is 18.3 Å². The number of rotatable bonds is 4. The number of carbonyl (C=O) groups is 1. The first-order chi connectivity index (χ1) is 7.18. The van der Waals surface area contributed by atoms with Gasteiger partial charge in [0, 0.05) is 12.7 Å². The number of nitrogens with one attached hydrogen (secondary N) is 2. The molecule has 0 spiro atoms. The Balaban J connectivity index is 2.25. The van der Waals surface area contributed by atoms with Crippen molar-refractivity contribution < 1.29 is 9.90 Å². The number of urea groups is 1. The van der Waals surface area contributed by atoms with Crippen LogP contribution in [-0.4, -0.2) is 34.0 Å². The molecule has 1 unspecified atom stereocenters. The van der Waals surface area contributed by atoms with Gasteiger partial charge in [-0.15, -0.1) is 5.10 Å². The molecule has 15 heavy (non-hydrogen) atoms.